The first-order chi connectivity index (χ1) is 12.8. The summed E-state index contributed by atoms with van der Waals surface area (Å²) in [5, 5.41) is 3.56. The van der Waals surface area contributed by atoms with Gasteiger partial charge in [-0.05, 0) is 44.1 Å². The second kappa shape index (κ2) is 12.4. The molecule has 1 saturated heterocycles. The summed E-state index contributed by atoms with van der Waals surface area (Å²) >= 11 is 0. The van der Waals surface area contributed by atoms with Crippen LogP contribution in [-0.2, 0) is 11.3 Å². The van der Waals surface area contributed by atoms with E-state index in [1.807, 2.05) is 13.1 Å². The average Bonchev–Trinajstić information content (AvgIpc) is 3.16. The Hall–Kier alpha value is -1.08. The van der Waals surface area contributed by atoms with Crippen LogP contribution in [0.25, 0.3) is 0 Å². The lowest BCUT2D eigenvalue weighted by molar-refractivity contribution is 0.0907. The van der Waals surface area contributed by atoms with E-state index in [-0.39, 0.29) is 24.0 Å². The third-order valence-electron chi connectivity index (χ3n) is 5.38. The number of guanidine groups is 1. The average molecular weight is 483 g/mol. The highest BCUT2D eigenvalue weighted by Crippen LogP contribution is 2.20. The summed E-state index contributed by atoms with van der Waals surface area (Å²) in [5.41, 5.74) is 2.87. The second-order valence-corrected chi connectivity index (χ2v) is 7.43. The van der Waals surface area contributed by atoms with Gasteiger partial charge in [0.2, 0.25) is 0 Å². The number of ether oxygens (including phenoxy) is 1. The Morgan fingerprint density at radius 2 is 2.11 bits per heavy atom. The molecule has 1 heterocycles. The molecule has 0 bridgehead atoms. The van der Waals surface area contributed by atoms with Crippen molar-refractivity contribution in [3.8, 4) is 0 Å². The van der Waals surface area contributed by atoms with Crippen LogP contribution in [0.4, 0.5) is 0 Å². The number of nitrogens with one attached hydrogen (secondary N) is 1. The van der Waals surface area contributed by atoms with Crippen molar-refractivity contribution in [2.75, 3.05) is 33.3 Å². The van der Waals surface area contributed by atoms with E-state index >= 15 is 0 Å². The van der Waals surface area contributed by atoms with E-state index < -0.39 is 0 Å². The molecule has 0 aromatic heterocycles. The molecule has 1 unspecified atom stereocenters. The van der Waals surface area contributed by atoms with Gasteiger partial charge in [-0.25, -0.2) is 0 Å². The lowest BCUT2D eigenvalue weighted by Gasteiger charge is -2.22. The molecule has 150 valence electrons. The van der Waals surface area contributed by atoms with E-state index in [1.54, 1.807) is 5.57 Å². The maximum absolute atomic E-state index is 5.93. The van der Waals surface area contributed by atoms with Crippen LogP contribution in [0.3, 0.4) is 0 Å². The summed E-state index contributed by atoms with van der Waals surface area (Å²) in [5.74, 6) is 1.64. The minimum atomic E-state index is 0. The van der Waals surface area contributed by atoms with Crippen LogP contribution in [0.2, 0.25) is 0 Å². The Balaban J connectivity index is 0.00000261. The van der Waals surface area contributed by atoms with E-state index in [2.05, 4.69) is 45.6 Å². The number of nitrogens with zero attached hydrogens (tertiary/aromatic N) is 2. The maximum atomic E-state index is 5.93. The van der Waals surface area contributed by atoms with Crippen LogP contribution >= 0.6 is 24.0 Å². The monoisotopic (exact) mass is 483 g/mol. The van der Waals surface area contributed by atoms with Crippen molar-refractivity contribution in [2.24, 2.45) is 10.9 Å². The molecule has 1 aliphatic heterocycles. The predicted molar refractivity (Wildman–Crippen MR) is 124 cm³/mol. The van der Waals surface area contributed by atoms with E-state index in [0.29, 0.717) is 12.5 Å². The van der Waals surface area contributed by atoms with Crippen molar-refractivity contribution < 1.29 is 4.74 Å². The van der Waals surface area contributed by atoms with Crippen LogP contribution in [0.1, 0.15) is 44.1 Å². The normalized spacial score (nSPS) is 20.2. The molecule has 1 fully saturated rings. The molecule has 1 aromatic carbocycles. The van der Waals surface area contributed by atoms with Gasteiger partial charge < -0.3 is 15.0 Å². The van der Waals surface area contributed by atoms with Crippen molar-refractivity contribution in [2.45, 2.75) is 45.1 Å². The summed E-state index contributed by atoms with van der Waals surface area (Å²) in [7, 11) is 1.89. The number of rotatable bonds is 7. The van der Waals surface area contributed by atoms with Gasteiger partial charge in [0.15, 0.2) is 5.96 Å². The Kier molecular flexibility index (Phi) is 10.2. The Morgan fingerprint density at radius 1 is 1.26 bits per heavy atom. The number of allylic oxidation sites excluding steroid dienone is 1. The third-order valence-corrected chi connectivity index (χ3v) is 5.38. The first-order valence-electron chi connectivity index (χ1n) is 10.1. The molecule has 5 heteroatoms. The number of aliphatic imine (C=N–C) groups is 1. The van der Waals surface area contributed by atoms with E-state index in [0.717, 1.165) is 38.6 Å². The maximum Gasteiger partial charge on any atom is 0.193 e. The zero-order valence-corrected chi connectivity index (χ0v) is 18.9. The largest absolute Gasteiger partial charge is 0.376 e. The Bertz CT molecular complexity index is 603. The van der Waals surface area contributed by atoms with Crippen molar-refractivity contribution in [3.63, 3.8) is 0 Å². The number of hydrogen-bond donors (Lipinski definition) is 1. The summed E-state index contributed by atoms with van der Waals surface area (Å²) in [4.78, 5) is 6.87. The molecule has 1 aliphatic carbocycles. The summed E-state index contributed by atoms with van der Waals surface area (Å²) in [6.07, 6.45) is 10.0. The topological polar surface area (TPSA) is 36.9 Å². The molecular weight excluding hydrogens is 449 g/mol. The molecular formula is C22H34IN3O. The second-order valence-electron chi connectivity index (χ2n) is 7.43. The zero-order chi connectivity index (χ0) is 18.0. The minimum absolute atomic E-state index is 0. The molecule has 0 radical (unpaired) electrons. The van der Waals surface area contributed by atoms with Crippen LogP contribution in [0.15, 0.2) is 47.0 Å². The number of halogens is 1. The highest BCUT2D eigenvalue weighted by Gasteiger charge is 2.24. The van der Waals surface area contributed by atoms with Gasteiger partial charge in [0.1, 0.15) is 0 Å². The predicted octanol–water partition coefficient (Wildman–Crippen LogP) is 4.61. The van der Waals surface area contributed by atoms with Crippen LogP contribution < -0.4 is 5.32 Å². The molecule has 0 amide bonds. The standard InChI is InChI=1S/C22H33N3O.HI/c1-23-22(24-14-12-19-8-4-2-5-9-19)25-15-13-21(16-25)18-26-17-20-10-6-3-7-11-20;/h3,6-8,10-11,21H,2,4-5,9,12-18H2,1H3,(H,23,24);1H. The number of hydrogen-bond acceptors (Lipinski definition) is 2. The SMILES string of the molecule is CN=C(NCCC1=CCCCC1)N1CCC(COCc2ccccc2)C1.I. The fraction of sp³-hybridized carbons (Fsp3) is 0.591. The Labute approximate surface area is 181 Å². The van der Waals surface area contributed by atoms with Crippen LogP contribution in [0.5, 0.6) is 0 Å². The first kappa shape index (κ1) is 22.2. The van der Waals surface area contributed by atoms with Crippen LogP contribution in [-0.4, -0.2) is 44.1 Å². The molecule has 3 rings (SSSR count). The van der Waals surface area contributed by atoms with Crippen molar-refractivity contribution >= 4 is 29.9 Å². The first-order valence-corrected chi connectivity index (χ1v) is 10.1. The third kappa shape index (κ3) is 7.45. The van der Waals surface area contributed by atoms with Gasteiger partial charge in [0, 0.05) is 32.6 Å². The van der Waals surface area contributed by atoms with Gasteiger partial charge in [-0.15, -0.1) is 24.0 Å². The molecule has 27 heavy (non-hydrogen) atoms. The number of benzene rings is 1. The van der Waals surface area contributed by atoms with Gasteiger partial charge in [0.25, 0.3) is 0 Å². The molecule has 0 saturated carbocycles. The van der Waals surface area contributed by atoms with Crippen LogP contribution in [0, 0.1) is 5.92 Å². The highest BCUT2D eigenvalue weighted by molar-refractivity contribution is 14.0. The molecule has 1 aromatic rings. The molecule has 4 nitrogen and oxygen atoms in total. The van der Waals surface area contributed by atoms with E-state index in [4.69, 9.17) is 4.74 Å². The van der Waals surface area contributed by atoms with Crippen molar-refractivity contribution in [3.05, 3.63) is 47.5 Å². The summed E-state index contributed by atoms with van der Waals surface area (Å²) in [6, 6.07) is 10.4. The van der Waals surface area contributed by atoms with Gasteiger partial charge in [-0.3, -0.25) is 4.99 Å². The zero-order valence-electron chi connectivity index (χ0n) is 16.5. The lowest BCUT2D eigenvalue weighted by atomic mass is 9.97. The van der Waals surface area contributed by atoms with Gasteiger partial charge in [-0.1, -0.05) is 42.0 Å². The fourth-order valence-electron chi connectivity index (χ4n) is 3.88. The van der Waals surface area contributed by atoms with Gasteiger partial charge in [0.05, 0.1) is 13.2 Å². The quantitative estimate of drug-likeness (QED) is 0.267. The Morgan fingerprint density at radius 3 is 2.85 bits per heavy atom. The molecule has 1 atom stereocenters. The van der Waals surface area contributed by atoms with Gasteiger partial charge in [-0.2, -0.15) is 0 Å². The van der Waals surface area contributed by atoms with E-state index in [1.165, 1.54) is 37.7 Å². The smallest absolute Gasteiger partial charge is 0.193 e. The van der Waals surface area contributed by atoms with Crippen molar-refractivity contribution in [1.29, 1.82) is 0 Å². The molecule has 1 N–H and O–H groups in total. The fourth-order valence-corrected chi connectivity index (χ4v) is 3.88. The van der Waals surface area contributed by atoms with E-state index in [9.17, 15) is 0 Å². The molecule has 2 aliphatic rings. The number of likely N-dealkylation sites (tertiary alicyclic amines) is 1. The van der Waals surface area contributed by atoms with Gasteiger partial charge >= 0.3 is 0 Å². The lowest BCUT2D eigenvalue weighted by Crippen LogP contribution is -2.40. The summed E-state index contributed by atoms with van der Waals surface area (Å²) < 4.78 is 5.93. The highest BCUT2D eigenvalue weighted by atomic mass is 127. The van der Waals surface area contributed by atoms with Crippen molar-refractivity contribution in [1.82, 2.24) is 10.2 Å². The molecule has 0 spiro atoms. The minimum Gasteiger partial charge on any atom is -0.376 e. The summed E-state index contributed by atoms with van der Waals surface area (Å²) in [6.45, 7) is 4.64.